The molecular formula is C22H35ClN4O2. The average Bonchev–Trinajstić information content (AvgIpc) is 2.70. The normalized spacial score (nSPS) is 21.1. The van der Waals surface area contributed by atoms with Crippen molar-refractivity contribution in [2.75, 3.05) is 32.7 Å². The lowest BCUT2D eigenvalue weighted by Gasteiger charge is -2.33. The number of halogens is 1. The van der Waals surface area contributed by atoms with Gasteiger partial charge in [-0.3, -0.25) is 4.79 Å². The molecule has 2 atom stereocenters. The lowest BCUT2D eigenvalue weighted by Crippen LogP contribution is -2.47. The number of nitrogens with zero attached hydrogens (tertiary/aromatic N) is 1. The number of fused-ring (bicyclic) bond motifs is 1. The summed E-state index contributed by atoms with van der Waals surface area (Å²) in [5.41, 5.74) is 2.66. The highest BCUT2D eigenvalue weighted by molar-refractivity contribution is 5.85. The number of urea groups is 1. The average molecular weight is 423 g/mol. The highest BCUT2D eigenvalue weighted by atomic mass is 35.5. The van der Waals surface area contributed by atoms with E-state index in [1.807, 2.05) is 4.90 Å². The molecule has 3 rings (SSSR count). The molecule has 1 aromatic rings. The van der Waals surface area contributed by atoms with Crippen molar-refractivity contribution in [1.82, 2.24) is 20.9 Å². The number of amides is 3. The van der Waals surface area contributed by atoms with Crippen molar-refractivity contribution < 1.29 is 9.59 Å². The summed E-state index contributed by atoms with van der Waals surface area (Å²) in [6.07, 6.45) is 3.50. The van der Waals surface area contributed by atoms with Gasteiger partial charge in [-0.25, -0.2) is 4.79 Å². The smallest absolute Gasteiger partial charge is 0.317 e. The Labute approximate surface area is 180 Å². The molecule has 7 heteroatoms. The molecular weight excluding hydrogens is 388 g/mol. The topological polar surface area (TPSA) is 73.5 Å². The molecule has 3 amide bonds. The predicted molar refractivity (Wildman–Crippen MR) is 118 cm³/mol. The zero-order valence-electron chi connectivity index (χ0n) is 17.6. The van der Waals surface area contributed by atoms with Gasteiger partial charge in [0.05, 0.1) is 0 Å². The molecule has 0 aliphatic carbocycles. The minimum atomic E-state index is 0. The summed E-state index contributed by atoms with van der Waals surface area (Å²) in [4.78, 5) is 26.7. The number of likely N-dealkylation sites (tertiary alicyclic amines) is 1. The van der Waals surface area contributed by atoms with Crippen molar-refractivity contribution >= 4 is 24.3 Å². The summed E-state index contributed by atoms with van der Waals surface area (Å²) in [5, 5.41) is 9.59. The van der Waals surface area contributed by atoms with Crippen molar-refractivity contribution in [1.29, 1.82) is 0 Å². The lowest BCUT2D eigenvalue weighted by molar-refractivity contribution is -0.122. The molecule has 0 bridgehead atoms. The first-order chi connectivity index (χ1) is 13.5. The predicted octanol–water partition coefficient (Wildman–Crippen LogP) is 2.88. The van der Waals surface area contributed by atoms with Crippen LogP contribution in [-0.2, 0) is 11.2 Å². The highest BCUT2D eigenvalue weighted by Crippen LogP contribution is 2.23. The molecule has 0 radical (unpaired) electrons. The SMILES string of the molecule is CC(C)CNC(=O)N1CCCC(CC(=O)NCC2NCCc3ccccc32)C1.Cl. The molecule has 29 heavy (non-hydrogen) atoms. The number of piperidine rings is 1. The minimum absolute atomic E-state index is 0. The monoisotopic (exact) mass is 422 g/mol. The third-order valence-corrected chi connectivity index (χ3v) is 5.66. The Morgan fingerprint density at radius 1 is 1.24 bits per heavy atom. The maximum absolute atomic E-state index is 12.5. The largest absolute Gasteiger partial charge is 0.354 e. The fourth-order valence-corrected chi connectivity index (χ4v) is 4.14. The van der Waals surface area contributed by atoms with Crippen molar-refractivity contribution in [3.63, 3.8) is 0 Å². The van der Waals surface area contributed by atoms with Gasteiger partial charge >= 0.3 is 6.03 Å². The van der Waals surface area contributed by atoms with Gasteiger partial charge in [-0.1, -0.05) is 38.1 Å². The maximum atomic E-state index is 12.5. The Hall–Kier alpha value is -1.79. The summed E-state index contributed by atoms with van der Waals surface area (Å²) in [6.45, 7) is 7.87. The zero-order chi connectivity index (χ0) is 19.9. The van der Waals surface area contributed by atoms with Gasteiger partial charge < -0.3 is 20.9 Å². The molecule has 2 aliphatic rings. The van der Waals surface area contributed by atoms with Crippen LogP contribution in [0.2, 0.25) is 0 Å². The number of rotatable bonds is 6. The van der Waals surface area contributed by atoms with E-state index in [9.17, 15) is 9.59 Å². The molecule has 0 aromatic heterocycles. The minimum Gasteiger partial charge on any atom is -0.354 e. The van der Waals surface area contributed by atoms with Crippen LogP contribution in [0.25, 0.3) is 0 Å². The van der Waals surface area contributed by atoms with Gasteiger partial charge in [0.1, 0.15) is 0 Å². The first-order valence-corrected chi connectivity index (χ1v) is 10.6. The summed E-state index contributed by atoms with van der Waals surface area (Å²) < 4.78 is 0. The van der Waals surface area contributed by atoms with E-state index >= 15 is 0 Å². The Balaban J connectivity index is 0.00000300. The molecule has 2 unspecified atom stereocenters. The van der Waals surface area contributed by atoms with Gasteiger partial charge in [0.15, 0.2) is 0 Å². The fourth-order valence-electron chi connectivity index (χ4n) is 4.14. The van der Waals surface area contributed by atoms with Crippen LogP contribution in [0, 0.1) is 11.8 Å². The van der Waals surface area contributed by atoms with E-state index in [-0.39, 0.29) is 36.3 Å². The van der Waals surface area contributed by atoms with Gasteiger partial charge in [0.25, 0.3) is 0 Å². The Morgan fingerprint density at radius 3 is 2.83 bits per heavy atom. The fraction of sp³-hybridized carbons (Fsp3) is 0.636. The van der Waals surface area contributed by atoms with Crippen molar-refractivity contribution in [2.45, 2.75) is 45.6 Å². The van der Waals surface area contributed by atoms with Gasteiger partial charge in [-0.05, 0) is 48.8 Å². The highest BCUT2D eigenvalue weighted by Gasteiger charge is 2.26. The van der Waals surface area contributed by atoms with E-state index in [0.29, 0.717) is 32.0 Å². The summed E-state index contributed by atoms with van der Waals surface area (Å²) in [5.74, 6) is 0.762. The van der Waals surface area contributed by atoms with Crippen molar-refractivity contribution in [2.24, 2.45) is 11.8 Å². The van der Waals surface area contributed by atoms with Gasteiger partial charge in [-0.15, -0.1) is 12.4 Å². The maximum Gasteiger partial charge on any atom is 0.317 e. The molecule has 162 valence electrons. The number of hydrogen-bond acceptors (Lipinski definition) is 3. The van der Waals surface area contributed by atoms with Crippen LogP contribution in [0.15, 0.2) is 24.3 Å². The molecule has 1 aromatic carbocycles. The van der Waals surface area contributed by atoms with Crippen molar-refractivity contribution in [3.8, 4) is 0 Å². The lowest BCUT2D eigenvalue weighted by atomic mass is 9.93. The summed E-state index contributed by atoms with van der Waals surface area (Å²) in [6, 6.07) is 8.63. The quantitative estimate of drug-likeness (QED) is 0.660. The molecule has 1 fully saturated rings. The van der Waals surface area contributed by atoms with Gasteiger partial charge in [0.2, 0.25) is 5.91 Å². The summed E-state index contributed by atoms with van der Waals surface area (Å²) >= 11 is 0. The molecule has 1 saturated heterocycles. The van der Waals surface area contributed by atoms with Crippen molar-refractivity contribution in [3.05, 3.63) is 35.4 Å². The Kier molecular flexibility index (Phi) is 9.24. The van der Waals surface area contributed by atoms with E-state index in [0.717, 1.165) is 32.4 Å². The Morgan fingerprint density at radius 2 is 2.03 bits per heavy atom. The number of nitrogens with one attached hydrogen (secondary N) is 3. The standard InChI is InChI=1S/C22H34N4O2.ClH/c1-16(2)13-25-22(28)26-11-5-6-17(15-26)12-21(27)24-14-20-19-8-4-3-7-18(19)9-10-23-20;/h3-4,7-8,16-17,20,23H,5-6,9-15H2,1-2H3,(H,24,27)(H,25,28);1H. The molecule has 0 spiro atoms. The van der Waals surface area contributed by atoms with Gasteiger partial charge in [-0.2, -0.15) is 0 Å². The number of hydrogen-bond donors (Lipinski definition) is 3. The number of benzene rings is 1. The van der Waals surface area contributed by atoms with Crippen LogP contribution in [-0.4, -0.2) is 49.6 Å². The second kappa shape index (κ2) is 11.4. The van der Waals surface area contributed by atoms with E-state index < -0.39 is 0 Å². The summed E-state index contributed by atoms with van der Waals surface area (Å²) in [7, 11) is 0. The number of carbonyl (C=O) groups excluding carboxylic acids is 2. The second-order valence-corrected chi connectivity index (χ2v) is 8.50. The van der Waals surface area contributed by atoms with E-state index in [1.165, 1.54) is 11.1 Å². The van der Waals surface area contributed by atoms with Gasteiger partial charge in [0, 0.05) is 38.6 Å². The van der Waals surface area contributed by atoms with Crippen LogP contribution in [0.4, 0.5) is 4.79 Å². The zero-order valence-corrected chi connectivity index (χ0v) is 18.4. The second-order valence-electron chi connectivity index (χ2n) is 8.50. The molecule has 3 N–H and O–H groups in total. The third kappa shape index (κ3) is 6.89. The molecule has 2 heterocycles. The van der Waals surface area contributed by atoms with E-state index in [1.54, 1.807) is 0 Å². The van der Waals surface area contributed by atoms with Crippen LogP contribution in [0.5, 0.6) is 0 Å². The van der Waals surface area contributed by atoms with E-state index in [4.69, 9.17) is 0 Å². The molecule has 2 aliphatic heterocycles. The first kappa shape index (κ1) is 23.5. The Bertz CT molecular complexity index is 683. The number of carbonyl (C=O) groups is 2. The molecule has 0 saturated carbocycles. The van der Waals surface area contributed by atoms with Crippen LogP contribution in [0.3, 0.4) is 0 Å². The van der Waals surface area contributed by atoms with Crippen LogP contribution >= 0.6 is 12.4 Å². The van der Waals surface area contributed by atoms with E-state index in [2.05, 4.69) is 54.1 Å². The first-order valence-electron chi connectivity index (χ1n) is 10.6. The van der Waals surface area contributed by atoms with Crippen LogP contribution in [0.1, 0.15) is 50.3 Å². The third-order valence-electron chi connectivity index (χ3n) is 5.66. The molecule has 6 nitrogen and oxygen atoms in total. The van der Waals surface area contributed by atoms with Crippen LogP contribution < -0.4 is 16.0 Å².